The minimum absolute atomic E-state index is 0.0128. The summed E-state index contributed by atoms with van der Waals surface area (Å²) in [7, 11) is 0. The minimum atomic E-state index is -1.31. The molecule has 0 aliphatic rings. The number of Topliss-reactive ketones (excluding diaryl/α,β-unsaturated/α-hetero) is 1. The Labute approximate surface area is 109 Å². The Morgan fingerprint density at radius 1 is 1.06 bits per heavy atom. The highest BCUT2D eigenvalue weighted by molar-refractivity contribution is 6.32. The molecule has 0 saturated heterocycles. The first-order valence-corrected chi connectivity index (χ1v) is 5.73. The number of hydrogen-bond donors (Lipinski definition) is 2. The van der Waals surface area contributed by atoms with Gasteiger partial charge in [0.25, 0.3) is 0 Å². The Bertz CT molecular complexity index is 567. The summed E-state index contributed by atoms with van der Waals surface area (Å²) in [6, 6.07) is 13.0. The van der Waals surface area contributed by atoms with Gasteiger partial charge in [0, 0.05) is 0 Å². The van der Waals surface area contributed by atoms with Gasteiger partial charge in [-0.3, -0.25) is 4.79 Å². The zero-order chi connectivity index (χ0) is 13.1. The number of carbonyl (C=O) groups is 1. The van der Waals surface area contributed by atoms with Crippen LogP contribution in [-0.4, -0.2) is 16.0 Å². The molecule has 1 atom stereocenters. The molecule has 3 nitrogen and oxygen atoms in total. The average Bonchev–Trinajstić information content (AvgIpc) is 2.41. The van der Waals surface area contributed by atoms with Gasteiger partial charge in [0.2, 0.25) is 0 Å². The molecule has 2 N–H and O–H groups in total. The van der Waals surface area contributed by atoms with Crippen molar-refractivity contribution in [2.45, 2.75) is 6.10 Å². The summed E-state index contributed by atoms with van der Waals surface area (Å²) in [6.45, 7) is 0. The lowest BCUT2D eigenvalue weighted by Crippen LogP contribution is -2.12. The second-order valence-electron chi connectivity index (χ2n) is 3.81. The molecule has 0 radical (unpaired) electrons. The molecule has 0 saturated carbocycles. The predicted octanol–water partition coefficient (Wildman–Crippen LogP) is 2.96. The van der Waals surface area contributed by atoms with Crippen molar-refractivity contribution in [1.82, 2.24) is 0 Å². The second-order valence-corrected chi connectivity index (χ2v) is 4.22. The first-order valence-electron chi connectivity index (χ1n) is 5.36. The van der Waals surface area contributed by atoms with Crippen LogP contribution in [0.1, 0.15) is 22.0 Å². The molecule has 0 aliphatic heterocycles. The first-order chi connectivity index (χ1) is 8.61. The number of aliphatic hydroxyl groups is 1. The average molecular weight is 263 g/mol. The van der Waals surface area contributed by atoms with Crippen LogP contribution in [0.2, 0.25) is 5.02 Å². The lowest BCUT2D eigenvalue weighted by atomic mass is 9.99. The van der Waals surface area contributed by atoms with E-state index < -0.39 is 11.9 Å². The Morgan fingerprint density at radius 3 is 2.39 bits per heavy atom. The normalized spacial score (nSPS) is 12.1. The van der Waals surface area contributed by atoms with Gasteiger partial charge in [0.05, 0.1) is 10.6 Å². The molecule has 92 valence electrons. The van der Waals surface area contributed by atoms with Crippen molar-refractivity contribution >= 4 is 17.4 Å². The number of ketones is 1. The molecule has 0 amide bonds. The number of benzene rings is 2. The van der Waals surface area contributed by atoms with Gasteiger partial charge in [-0.25, -0.2) is 0 Å². The molecule has 4 heteroatoms. The Kier molecular flexibility index (Phi) is 3.65. The molecular weight excluding hydrogens is 252 g/mol. The lowest BCUT2D eigenvalue weighted by molar-refractivity contribution is 0.0744. The zero-order valence-corrected chi connectivity index (χ0v) is 10.1. The van der Waals surface area contributed by atoms with E-state index in [-0.39, 0.29) is 16.3 Å². The van der Waals surface area contributed by atoms with E-state index in [1.54, 1.807) is 36.4 Å². The summed E-state index contributed by atoms with van der Waals surface area (Å²) in [4.78, 5) is 12.0. The van der Waals surface area contributed by atoms with Crippen molar-refractivity contribution in [1.29, 1.82) is 0 Å². The third kappa shape index (κ3) is 2.37. The quantitative estimate of drug-likeness (QED) is 0.836. The standard InChI is InChI=1S/C14H11ClO3/c15-11-8-4-7-10(13(11)17)14(18)12(16)9-5-2-1-3-6-9/h1-8,12,16-17H. The fourth-order valence-electron chi connectivity index (χ4n) is 1.65. The van der Waals surface area contributed by atoms with Crippen LogP contribution in [-0.2, 0) is 0 Å². The van der Waals surface area contributed by atoms with E-state index in [2.05, 4.69) is 0 Å². The van der Waals surface area contributed by atoms with E-state index in [1.165, 1.54) is 12.1 Å². The maximum atomic E-state index is 12.0. The maximum Gasteiger partial charge on any atom is 0.199 e. The van der Waals surface area contributed by atoms with Gasteiger partial charge in [-0.2, -0.15) is 0 Å². The van der Waals surface area contributed by atoms with Crippen molar-refractivity contribution in [3.63, 3.8) is 0 Å². The van der Waals surface area contributed by atoms with Crippen LogP contribution in [0.15, 0.2) is 48.5 Å². The van der Waals surface area contributed by atoms with Crippen LogP contribution in [0.25, 0.3) is 0 Å². The monoisotopic (exact) mass is 262 g/mol. The number of para-hydroxylation sites is 1. The van der Waals surface area contributed by atoms with Gasteiger partial charge < -0.3 is 10.2 Å². The number of rotatable bonds is 3. The number of phenols is 1. The highest BCUT2D eigenvalue weighted by atomic mass is 35.5. The molecule has 0 spiro atoms. The second kappa shape index (κ2) is 5.21. The van der Waals surface area contributed by atoms with Crippen molar-refractivity contribution in [3.8, 4) is 5.75 Å². The van der Waals surface area contributed by atoms with Gasteiger partial charge in [0.15, 0.2) is 5.78 Å². The van der Waals surface area contributed by atoms with Crippen molar-refractivity contribution < 1.29 is 15.0 Å². The molecule has 2 rings (SSSR count). The van der Waals surface area contributed by atoms with Crippen LogP contribution in [0.5, 0.6) is 5.75 Å². The topological polar surface area (TPSA) is 57.5 Å². The van der Waals surface area contributed by atoms with E-state index in [4.69, 9.17) is 11.6 Å². The number of halogens is 1. The number of phenolic OH excluding ortho intramolecular Hbond substituents is 1. The molecule has 18 heavy (non-hydrogen) atoms. The molecule has 0 heterocycles. The van der Waals surface area contributed by atoms with Gasteiger partial charge in [-0.1, -0.05) is 48.0 Å². The number of hydrogen-bond acceptors (Lipinski definition) is 3. The highest BCUT2D eigenvalue weighted by Gasteiger charge is 2.22. The van der Waals surface area contributed by atoms with E-state index >= 15 is 0 Å². The first kappa shape index (κ1) is 12.6. The summed E-state index contributed by atoms with van der Waals surface area (Å²) in [5.41, 5.74) is 0.487. The molecule has 0 aliphatic carbocycles. The molecule has 1 unspecified atom stereocenters. The van der Waals surface area contributed by atoms with Crippen LogP contribution in [0.4, 0.5) is 0 Å². The van der Waals surface area contributed by atoms with Crippen LogP contribution in [0.3, 0.4) is 0 Å². The smallest absolute Gasteiger partial charge is 0.199 e. The van der Waals surface area contributed by atoms with E-state index in [0.717, 1.165) is 0 Å². The largest absolute Gasteiger partial charge is 0.506 e. The summed E-state index contributed by atoms with van der Waals surface area (Å²) in [5.74, 6) is -0.889. The Hall–Kier alpha value is -1.84. The van der Waals surface area contributed by atoms with E-state index in [1.807, 2.05) is 0 Å². The molecule has 0 aromatic heterocycles. The van der Waals surface area contributed by atoms with Gasteiger partial charge >= 0.3 is 0 Å². The predicted molar refractivity (Wildman–Crippen MR) is 68.8 cm³/mol. The zero-order valence-electron chi connectivity index (χ0n) is 9.38. The van der Waals surface area contributed by atoms with Crippen molar-refractivity contribution in [2.24, 2.45) is 0 Å². The number of aliphatic hydroxyl groups excluding tert-OH is 1. The SMILES string of the molecule is O=C(c1cccc(Cl)c1O)C(O)c1ccccc1. The Balaban J connectivity index is 2.35. The van der Waals surface area contributed by atoms with Gasteiger partial charge in [0.1, 0.15) is 11.9 Å². The summed E-state index contributed by atoms with van der Waals surface area (Å²) < 4.78 is 0. The summed E-state index contributed by atoms with van der Waals surface area (Å²) >= 11 is 5.72. The summed E-state index contributed by atoms with van der Waals surface area (Å²) in [6.07, 6.45) is -1.31. The van der Waals surface area contributed by atoms with Crippen molar-refractivity contribution in [3.05, 3.63) is 64.7 Å². The van der Waals surface area contributed by atoms with E-state index in [9.17, 15) is 15.0 Å². The third-order valence-corrected chi connectivity index (χ3v) is 2.92. The summed E-state index contributed by atoms with van der Waals surface area (Å²) in [5, 5.41) is 19.7. The van der Waals surface area contributed by atoms with Crippen molar-refractivity contribution in [2.75, 3.05) is 0 Å². The van der Waals surface area contributed by atoms with Gasteiger partial charge in [-0.15, -0.1) is 0 Å². The fourth-order valence-corrected chi connectivity index (χ4v) is 1.82. The molecule has 2 aromatic rings. The molecular formula is C14H11ClO3. The van der Waals surface area contributed by atoms with E-state index in [0.29, 0.717) is 5.56 Å². The fraction of sp³-hybridized carbons (Fsp3) is 0.0714. The van der Waals surface area contributed by atoms with Crippen LogP contribution in [0, 0.1) is 0 Å². The molecule has 2 aromatic carbocycles. The molecule has 0 fully saturated rings. The number of carbonyl (C=O) groups excluding carboxylic acids is 1. The van der Waals surface area contributed by atoms with Crippen LogP contribution < -0.4 is 0 Å². The number of aromatic hydroxyl groups is 1. The van der Waals surface area contributed by atoms with Gasteiger partial charge in [-0.05, 0) is 17.7 Å². The molecule has 0 bridgehead atoms. The van der Waals surface area contributed by atoms with Crippen LogP contribution >= 0.6 is 11.6 Å². The minimum Gasteiger partial charge on any atom is -0.506 e. The Morgan fingerprint density at radius 2 is 1.72 bits per heavy atom. The third-order valence-electron chi connectivity index (χ3n) is 2.62. The maximum absolute atomic E-state index is 12.0. The lowest BCUT2D eigenvalue weighted by Gasteiger charge is -2.11. The highest BCUT2D eigenvalue weighted by Crippen LogP contribution is 2.30.